The zero-order chi connectivity index (χ0) is 8.10. The van der Waals surface area contributed by atoms with Crippen molar-refractivity contribution in [1.82, 2.24) is 4.57 Å². The SMILES string of the molecule is C=C/N=C\n1cccc1C=C. The Kier molecular flexibility index (Phi) is 2.44. The maximum Gasteiger partial charge on any atom is 0.0990 e. The van der Waals surface area contributed by atoms with E-state index in [9.17, 15) is 0 Å². The third-order valence-corrected chi connectivity index (χ3v) is 1.32. The molecule has 0 fully saturated rings. The first-order valence-electron chi connectivity index (χ1n) is 3.32. The summed E-state index contributed by atoms with van der Waals surface area (Å²) in [6.45, 7) is 7.14. The number of aliphatic imine (C=N–C) groups is 1. The van der Waals surface area contributed by atoms with Gasteiger partial charge < -0.3 is 4.57 Å². The molecule has 0 unspecified atom stereocenters. The average molecular weight is 146 g/mol. The summed E-state index contributed by atoms with van der Waals surface area (Å²) in [5, 5.41) is 0. The Bertz CT molecular complexity index is 282. The van der Waals surface area contributed by atoms with Crippen molar-refractivity contribution < 1.29 is 0 Å². The molecule has 11 heavy (non-hydrogen) atoms. The van der Waals surface area contributed by atoms with E-state index in [2.05, 4.69) is 18.2 Å². The summed E-state index contributed by atoms with van der Waals surface area (Å²) in [5.41, 5.74) is 1.02. The van der Waals surface area contributed by atoms with Crippen LogP contribution in [-0.2, 0) is 0 Å². The van der Waals surface area contributed by atoms with Crippen LogP contribution in [0.4, 0.5) is 0 Å². The number of aromatic nitrogens is 1. The van der Waals surface area contributed by atoms with E-state index in [0.717, 1.165) is 5.69 Å². The van der Waals surface area contributed by atoms with Crippen LogP contribution < -0.4 is 0 Å². The van der Waals surface area contributed by atoms with Gasteiger partial charge in [-0.3, -0.25) is 0 Å². The highest BCUT2D eigenvalue weighted by molar-refractivity contribution is 5.64. The van der Waals surface area contributed by atoms with Gasteiger partial charge in [0.1, 0.15) is 0 Å². The molecule has 1 rings (SSSR count). The van der Waals surface area contributed by atoms with Crippen LogP contribution in [0.5, 0.6) is 0 Å². The lowest BCUT2D eigenvalue weighted by molar-refractivity contribution is 1.17. The summed E-state index contributed by atoms with van der Waals surface area (Å²) in [4.78, 5) is 3.88. The van der Waals surface area contributed by atoms with Gasteiger partial charge in [-0.05, 0) is 18.2 Å². The van der Waals surface area contributed by atoms with Crippen molar-refractivity contribution in [3.8, 4) is 0 Å². The van der Waals surface area contributed by atoms with Crippen molar-refractivity contribution in [3.05, 3.63) is 43.4 Å². The third-order valence-electron chi connectivity index (χ3n) is 1.32. The normalized spacial score (nSPS) is 10.2. The third kappa shape index (κ3) is 1.67. The molecule has 0 aliphatic carbocycles. The van der Waals surface area contributed by atoms with Gasteiger partial charge >= 0.3 is 0 Å². The van der Waals surface area contributed by atoms with Crippen LogP contribution >= 0.6 is 0 Å². The Morgan fingerprint density at radius 3 is 2.91 bits per heavy atom. The molecule has 56 valence electrons. The van der Waals surface area contributed by atoms with E-state index in [0.29, 0.717) is 0 Å². The zero-order valence-corrected chi connectivity index (χ0v) is 6.27. The maximum atomic E-state index is 3.88. The first-order valence-corrected chi connectivity index (χ1v) is 3.32. The smallest absolute Gasteiger partial charge is 0.0990 e. The first-order chi connectivity index (χ1) is 5.38. The molecular weight excluding hydrogens is 136 g/mol. The molecule has 0 N–H and O–H groups in total. The topological polar surface area (TPSA) is 17.3 Å². The lowest BCUT2D eigenvalue weighted by atomic mass is 10.4. The predicted octanol–water partition coefficient (Wildman–Crippen LogP) is 2.15. The number of nitrogens with zero attached hydrogens (tertiary/aromatic N) is 2. The quantitative estimate of drug-likeness (QED) is 0.459. The Labute approximate surface area is 66.2 Å². The summed E-state index contributed by atoms with van der Waals surface area (Å²) in [5.74, 6) is 0. The molecule has 0 aliphatic rings. The van der Waals surface area contributed by atoms with Crippen molar-refractivity contribution in [3.63, 3.8) is 0 Å². The molecule has 0 spiro atoms. The second-order valence-electron chi connectivity index (χ2n) is 1.99. The maximum absolute atomic E-state index is 3.88. The van der Waals surface area contributed by atoms with Crippen molar-refractivity contribution in [2.24, 2.45) is 4.99 Å². The minimum atomic E-state index is 1.02. The molecule has 0 atom stereocenters. The molecule has 1 heterocycles. The summed E-state index contributed by atoms with van der Waals surface area (Å²) < 4.78 is 1.87. The van der Waals surface area contributed by atoms with Gasteiger partial charge in [0.15, 0.2) is 0 Å². The number of rotatable bonds is 3. The molecule has 0 amide bonds. The second kappa shape index (κ2) is 3.56. The van der Waals surface area contributed by atoms with Gasteiger partial charge in [0, 0.05) is 18.1 Å². The molecular formula is C9H10N2. The van der Waals surface area contributed by atoms with E-state index in [1.807, 2.05) is 22.9 Å². The van der Waals surface area contributed by atoms with Crippen LogP contribution in [0.3, 0.4) is 0 Å². The van der Waals surface area contributed by atoms with Crippen LogP contribution in [0.25, 0.3) is 6.08 Å². The standard InChI is InChI=1S/C9H10N2/c1-3-9-6-5-7-11(9)8-10-4-2/h3-8H,1-2H2/b10-8-. The highest BCUT2D eigenvalue weighted by Crippen LogP contribution is 2.00. The van der Waals surface area contributed by atoms with Crippen LogP contribution in [0.1, 0.15) is 5.69 Å². The summed E-state index contributed by atoms with van der Waals surface area (Å²) in [7, 11) is 0. The summed E-state index contributed by atoms with van der Waals surface area (Å²) in [6, 6.07) is 3.90. The zero-order valence-electron chi connectivity index (χ0n) is 6.27. The Morgan fingerprint density at radius 2 is 2.27 bits per heavy atom. The average Bonchev–Trinajstić information content (AvgIpc) is 2.47. The van der Waals surface area contributed by atoms with Crippen molar-refractivity contribution in [2.75, 3.05) is 0 Å². The van der Waals surface area contributed by atoms with E-state index < -0.39 is 0 Å². The minimum absolute atomic E-state index is 1.02. The fourth-order valence-electron chi connectivity index (χ4n) is 0.804. The molecule has 0 radical (unpaired) electrons. The fraction of sp³-hybridized carbons (Fsp3) is 0. The summed E-state index contributed by atoms with van der Waals surface area (Å²) in [6.07, 6.45) is 6.86. The fourth-order valence-corrected chi connectivity index (χ4v) is 0.804. The van der Waals surface area contributed by atoms with Gasteiger partial charge in [0.05, 0.1) is 6.34 Å². The van der Waals surface area contributed by atoms with E-state index in [1.54, 1.807) is 12.4 Å². The van der Waals surface area contributed by atoms with Crippen LogP contribution in [0, 0.1) is 0 Å². The number of hydrogen-bond donors (Lipinski definition) is 0. The van der Waals surface area contributed by atoms with Crippen molar-refractivity contribution in [2.45, 2.75) is 0 Å². The first kappa shape index (κ1) is 7.54. The van der Waals surface area contributed by atoms with E-state index in [4.69, 9.17) is 0 Å². The molecule has 0 saturated heterocycles. The van der Waals surface area contributed by atoms with E-state index in [-0.39, 0.29) is 0 Å². The Hall–Kier alpha value is -1.57. The van der Waals surface area contributed by atoms with Crippen molar-refractivity contribution >= 4 is 12.4 Å². The monoisotopic (exact) mass is 146 g/mol. The lowest BCUT2D eigenvalue weighted by Crippen LogP contribution is -1.93. The van der Waals surface area contributed by atoms with E-state index in [1.165, 1.54) is 6.20 Å². The molecule has 0 bridgehead atoms. The highest BCUT2D eigenvalue weighted by Gasteiger charge is 1.89. The molecule has 1 aromatic rings. The molecule has 2 heteroatoms. The van der Waals surface area contributed by atoms with E-state index >= 15 is 0 Å². The van der Waals surface area contributed by atoms with Gasteiger partial charge in [0.2, 0.25) is 0 Å². The van der Waals surface area contributed by atoms with Gasteiger partial charge in [-0.2, -0.15) is 0 Å². The molecule has 0 saturated carbocycles. The predicted molar refractivity (Wildman–Crippen MR) is 48.6 cm³/mol. The van der Waals surface area contributed by atoms with Gasteiger partial charge in [-0.1, -0.05) is 13.2 Å². The molecule has 0 aliphatic heterocycles. The minimum Gasteiger partial charge on any atom is -0.308 e. The Morgan fingerprint density at radius 1 is 1.45 bits per heavy atom. The van der Waals surface area contributed by atoms with Gasteiger partial charge in [0.25, 0.3) is 0 Å². The molecule has 0 aromatic carbocycles. The van der Waals surface area contributed by atoms with Gasteiger partial charge in [-0.15, -0.1) is 0 Å². The Balaban J connectivity index is 2.92. The highest BCUT2D eigenvalue weighted by atomic mass is 15.0. The van der Waals surface area contributed by atoms with Crippen LogP contribution in [0.15, 0.2) is 42.7 Å². The molecule has 1 aromatic heterocycles. The number of hydrogen-bond acceptors (Lipinski definition) is 1. The largest absolute Gasteiger partial charge is 0.308 e. The van der Waals surface area contributed by atoms with Crippen molar-refractivity contribution in [1.29, 1.82) is 0 Å². The van der Waals surface area contributed by atoms with Gasteiger partial charge in [-0.25, -0.2) is 4.99 Å². The lowest BCUT2D eigenvalue weighted by Gasteiger charge is -1.94. The summed E-state index contributed by atoms with van der Waals surface area (Å²) >= 11 is 0. The second-order valence-corrected chi connectivity index (χ2v) is 1.99. The van der Waals surface area contributed by atoms with Crippen LogP contribution in [-0.4, -0.2) is 10.9 Å². The molecule has 2 nitrogen and oxygen atoms in total. The van der Waals surface area contributed by atoms with Crippen LogP contribution in [0.2, 0.25) is 0 Å².